The topological polar surface area (TPSA) is 74.8 Å². The summed E-state index contributed by atoms with van der Waals surface area (Å²) in [5.41, 5.74) is 0.913. The van der Waals surface area contributed by atoms with Crippen LogP contribution in [0, 0.1) is 0 Å². The van der Waals surface area contributed by atoms with Gasteiger partial charge in [0, 0.05) is 31.6 Å². The Hall–Kier alpha value is -1.81. The minimum Gasteiger partial charge on any atom is -0.487 e. The number of guanidine groups is 1. The van der Waals surface area contributed by atoms with Crippen molar-refractivity contribution in [3.8, 4) is 5.75 Å². The van der Waals surface area contributed by atoms with E-state index in [-0.39, 0.29) is 41.5 Å². The molecule has 3 N–H and O–H groups in total. The summed E-state index contributed by atoms with van der Waals surface area (Å²) in [6.07, 6.45) is 1.63. The first-order valence-electron chi connectivity index (χ1n) is 10.1. The van der Waals surface area contributed by atoms with Gasteiger partial charge in [-0.1, -0.05) is 24.3 Å². The normalized spacial score (nSPS) is 17.2. The van der Waals surface area contributed by atoms with E-state index in [1.807, 2.05) is 35.7 Å². The third-order valence-corrected chi connectivity index (χ3v) is 5.54. The summed E-state index contributed by atoms with van der Waals surface area (Å²) in [4.78, 5) is 17.4. The molecule has 164 valence electrons. The van der Waals surface area contributed by atoms with Gasteiger partial charge in [-0.3, -0.25) is 9.79 Å². The van der Waals surface area contributed by atoms with Crippen LogP contribution in [0.25, 0.3) is 0 Å². The molecule has 0 fully saturated rings. The highest BCUT2D eigenvalue weighted by Crippen LogP contribution is 2.39. The van der Waals surface area contributed by atoms with Gasteiger partial charge in [0.15, 0.2) is 5.96 Å². The summed E-state index contributed by atoms with van der Waals surface area (Å²) in [6.45, 7) is 8.30. The van der Waals surface area contributed by atoms with Crippen molar-refractivity contribution in [1.29, 1.82) is 0 Å². The average molecular weight is 542 g/mol. The molecular formula is C22H31IN4O2S. The number of nitrogens with zero attached hydrogens (tertiary/aromatic N) is 1. The van der Waals surface area contributed by atoms with Gasteiger partial charge in [-0.2, -0.15) is 0 Å². The highest BCUT2D eigenvalue weighted by atomic mass is 127. The van der Waals surface area contributed by atoms with Crippen molar-refractivity contribution >= 4 is 47.2 Å². The summed E-state index contributed by atoms with van der Waals surface area (Å²) >= 11 is 1.45. The molecular weight excluding hydrogens is 511 g/mol. The lowest BCUT2D eigenvalue weighted by atomic mass is 9.90. The number of fused-ring (bicyclic) bond motifs is 1. The number of hydrogen-bond acceptors (Lipinski definition) is 4. The number of hydrogen-bond donors (Lipinski definition) is 3. The van der Waals surface area contributed by atoms with Crippen LogP contribution < -0.4 is 20.7 Å². The molecule has 0 radical (unpaired) electrons. The Kier molecular flexibility index (Phi) is 9.41. The van der Waals surface area contributed by atoms with Crippen LogP contribution in [0.15, 0.2) is 46.8 Å². The third kappa shape index (κ3) is 6.87. The van der Waals surface area contributed by atoms with Gasteiger partial charge in [-0.15, -0.1) is 35.3 Å². The number of amides is 1. The Bertz CT molecular complexity index is 839. The number of carbonyl (C=O) groups excluding carboxylic acids is 1. The maximum absolute atomic E-state index is 12.0. The molecule has 1 aromatic carbocycles. The van der Waals surface area contributed by atoms with E-state index in [1.165, 1.54) is 11.3 Å². The Morgan fingerprint density at radius 2 is 2.03 bits per heavy atom. The van der Waals surface area contributed by atoms with Crippen molar-refractivity contribution in [3.05, 3.63) is 52.2 Å². The molecule has 0 saturated carbocycles. The minimum atomic E-state index is -0.241. The lowest BCUT2D eigenvalue weighted by Crippen LogP contribution is -2.45. The van der Waals surface area contributed by atoms with Crippen molar-refractivity contribution in [3.63, 3.8) is 0 Å². The Balaban J connectivity index is 0.00000320. The number of thiophene rings is 1. The van der Waals surface area contributed by atoms with E-state index < -0.39 is 0 Å². The lowest BCUT2D eigenvalue weighted by molar-refractivity contribution is 0.0694. The fourth-order valence-electron chi connectivity index (χ4n) is 3.38. The molecule has 8 heteroatoms. The second-order valence-corrected chi connectivity index (χ2v) is 8.60. The van der Waals surface area contributed by atoms with Gasteiger partial charge in [0.1, 0.15) is 11.4 Å². The standard InChI is InChI=1S/C22H30N4O2S.HI/c1-4-23-21(25-13-8-12-24-20(27)19-11-7-14-29-19)26-17-15-22(2,3)28-18-10-6-5-9-16(17)18;/h5-7,9-11,14,17H,4,8,12-13,15H2,1-3H3,(H,24,27)(H2,23,25,26);1H. The van der Waals surface area contributed by atoms with Gasteiger partial charge < -0.3 is 20.7 Å². The zero-order valence-corrected chi connectivity index (χ0v) is 20.9. The number of rotatable bonds is 7. The van der Waals surface area contributed by atoms with Crippen molar-refractivity contribution in [2.45, 2.75) is 45.3 Å². The smallest absolute Gasteiger partial charge is 0.261 e. The number of benzene rings is 1. The highest BCUT2D eigenvalue weighted by molar-refractivity contribution is 14.0. The SMILES string of the molecule is CCNC(=NCCCNC(=O)c1cccs1)NC1CC(C)(C)Oc2ccccc21.I. The summed E-state index contributed by atoms with van der Waals surface area (Å²) in [6, 6.07) is 12.0. The average Bonchev–Trinajstić information content (AvgIpc) is 3.21. The predicted octanol–water partition coefficient (Wildman–Crippen LogP) is 4.34. The first kappa shape index (κ1) is 24.5. The quantitative estimate of drug-likeness (QED) is 0.211. The van der Waals surface area contributed by atoms with Crippen LogP contribution in [0.5, 0.6) is 5.75 Å². The second kappa shape index (κ2) is 11.5. The molecule has 1 aliphatic heterocycles. The molecule has 0 aliphatic carbocycles. The summed E-state index contributed by atoms with van der Waals surface area (Å²) in [5, 5.41) is 11.7. The van der Waals surface area contributed by atoms with Crippen LogP contribution in [0.4, 0.5) is 0 Å². The zero-order valence-electron chi connectivity index (χ0n) is 17.7. The number of aliphatic imine (C=N–C) groups is 1. The molecule has 0 saturated heterocycles. The Morgan fingerprint density at radius 3 is 2.77 bits per heavy atom. The first-order valence-corrected chi connectivity index (χ1v) is 11.0. The molecule has 0 spiro atoms. The van der Waals surface area contributed by atoms with Gasteiger partial charge in [0.2, 0.25) is 0 Å². The van der Waals surface area contributed by atoms with Gasteiger partial charge in [-0.05, 0) is 44.7 Å². The van der Waals surface area contributed by atoms with Crippen molar-refractivity contribution < 1.29 is 9.53 Å². The first-order chi connectivity index (χ1) is 14.0. The van der Waals surface area contributed by atoms with E-state index in [9.17, 15) is 4.79 Å². The minimum absolute atomic E-state index is 0. The van der Waals surface area contributed by atoms with E-state index in [0.717, 1.165) is 41.5 Å². The van der Waals surface area contributed by atoms with Crippen molar-refractivity contribution in [2.75, 3.05) is 19.6 Å². The Morgan fingerprint density at radius 1 is 1.23 bits per heavy atom. The van der Waals surface area contributed by atoms with Gasteiger partial charge in [-0.25, -0.2) is 0 Å². The van der Waals surface area contributed by atoms with Gasteiger partial charge >= 0.3 is 0 Å². The predicted molar refractivity (Wildman–Crippen MR) is 134 cm³/mol. The molecule has 1 unspecified atom stereocenters. The molecule has 2 aromatic rings. The second-order valence-electron chi connectivity index (χ2n) is 7.65. The number of carbonyl (C=O) groups is 1. The molecule has 0 bridgehead atoms. The van der Waals surface area contributed by atoms with Crippen LogP contribution in [0.2, 0.25) is 0 Å². The van der Waals surface area contributed by atoms with E-state index in [2.05, 4.69) is 42.8 Å². The molecule has 2 heterocycles. The van der Waals surface area contributed by atoms with Crippen molar-refractivity contribution in [2.24, 2.45) is 4.99 Å². The largest absolute Gasteiger partial charge is 0.487 e. The fourth-order valence-corrected chi connectivity index (χ4v) is 4.02. The molecule has 1 amide bonds. The highest BCUT2D eigenvalue weighted by Gasteiger charge is 2.33. The van der Waals surface area contributed by atoms with Crippen LogP contribution in [-0.2, 0) is 0 Å². The Labute approximate surface area is 199 Å². The number of nitrogens with one attached hydrogen (secondary N) is 3. The number of ether oxygens (including phenoxy) is 1. The van der Waals surface area contributed by atoms with Gasteiger partial charge in [0.05, 0.1) is 10.9 Å². The van der Waals surface area contributed by atoms with E-state index >= 15 is 0 Å². The van der Waals surface area contributed by atoms with Crippen LogP contribution in [0.3, 0.4) is 0 Å². The van der Waals surface area contributed by atoms with Crippen LogP contribution in [0.1, 0.15) is 54.9 Å². The number of para-hydroxylation sites is 1. The molecule has 6 nitrogen and oxygen atoms in total. The monoisotopic (exact) mass is 542 g/mol. The molecule has 1 atom stereocenters. The summed E-state index contributed by atoms with van der Waals surface area (Å²) < 4.78 is 6.12. The van der Waals surface area contributed by atoms with Crippen molar-refractivity contribution in [1.82, 2.24) is 16.0 Å². The maximum Gasteiger partial charge on any atom is 0.261 e. The molecule has 1 aromatic heterocycles. The molecule has 30 heavy (non-hydrogen) atoms. The van der Waals surface area contributed by atoms with E-state index in [1.54, 1.807) is 0 Å². The number of halogens is 1. The van der Waals surface area contributed by atoms with Gasteiger partial charge in [0.25, 0.3) is 5.91 Å². The van der Waals surface area contributed by atoms with Crippen LogP contribution >= 0.6 is 35.3 Å². The lowest BCUT2D eigenvalue weighted by Gasteiger charge is -2.38. The molecule has 1 aliphatic rings. The zero-order chi connectivity index (χ0) is 20.7. The van der Waals surface area contributed by atoms with E-state index in [0.29, 0.717) is 13.1 Å². The maximum atomic E-state index is 12.0. The van der Waals surface area contributed by atoms with E-state index in [4.69, 9.17) is 9.73 Å². The molecule has 3 rings (SSSR count). The third-order valence-electron chi connectivity index (χ3n) is 4.67. The summed E-state index contributed by atoms with van der Waals surface area (Å²) in [7, 11) is 0. The fraction of sp³-hybridized carbons (Fsp3) is 0.455. The summed E-state index contributed by atoms with van der Waals surface area (Å²) in [5.74, 6) is 1.69. The van der Waals surface area contributed by atoms with Crippen LogP contribution in [-0.4, -0.2) is 37.1 Å².